The Hall–Kier alpha value is -0.120. The standard InChI is InChI=1S/C13H26N2O/c1-12(4-6-15(3)7-5-12)8-14-9-13(2)10-16-11-13/h14H,4-11H2,1-3H3. The van der Waals surface area contributed by atoms with E-state index < -0.39 is 0 Å². The number of hydrogen-bond donors (Lipinski definition) is 1. The first-order valence-corrected chi connectivity index (χ1v) is 6.49. The predicted octanol–water partition coefficient (Wildman–Crippen LogP) is 1.34. The van der Waals surface area contributed by atoms with E-state index >= 15 is 0 Å². The van der Waals surface area contributed by atoms with Gasteiger partial charge in [-0.25, -0.2) is 0 Å². The Morgan fingerprint density at radius 1 is 1.06 bits per heavy atom. The Kier molecular flexibility index (Phi) is 3.57. The molecule has 3 nitrogen and oxygen atoms in total. The summed E-state index contributed by atoms with van der Waals surface area (Å²) >= 11 is 0. The van der Waals surface area contributed by atoms with Gasteiger partial charge in [-0.05, 0) is 38.4 Å². The summed E-state index contributed by atoms with van der Waals surface area (Å²) < 4.78 is 5.27. The number of ether oxygens (including phenoxy) is 1. The van der Waals surface area contributed by atoms with Gasteiger partial charge in [-0.3, -0.25) is 0 Å². The zero-order chi connectivity index (χ0) is 11.6. The van der Waals surface area contributed by atoms with Crippen molar-refractivity contribution in [3.8, 4) is 0 Å². The minimum Gasteiger partial charge on any atom is -0.380 e. The van der Waals surface area contributed by atoms with Crippen molar-refractivity contribution in [1.82, 2.24) is 10.2 Å². The van der Waals surface area contributed by atoms with Crippen LogP contribution in [0.4, 0.5) is 0 Å². The summed E-state index contributed by atoms with van der Waals surface area (Å²) in [6.07, 6.45) is 2.65. The van der Waals surface area contributed by atoms with E-state index in [2.05, 4.69) is 31.1 Å². The number of hydrogen-bond acceptors (Lipinski definition) is 3. The third-order valence-corrected chi connectivity index (χ3v) is 4.20. The predicted molar refractivity (Wildman–Crippen MR) is 66.6 cm³/mol. The first-order valence-electron chi connectivity index (χ1n) is 6.49. The molecule has 2 rings (SSSR count). The van der Waals surface area contributed by atoms with Gasteiger partial charge in [0.2, 0.25) is 0 Å². The van der Waals surface area contributed by atoms with E-state index in [1.54, 1.807) is 0 Å². The van der Waals surface area contributed by atoms with Gasteiger partial charge in [0.15, 0.2) is 0 Å². The second kappa shape index (κ2) is 4.63. The smallest absolute Gasteiger partial charge is 0.0554 e. The Balaban J connectivity index is 1.68. The number of rotatable bonds is 4. The number of nitrogens with one attached hydrogen (secondary N) is 1. The fraction of sp³-hybridized carbons (Fsp3) is 1.00. The summed E-state index contributed by atoms with van der Waals surface area (Å²) in [6.45, 7) is 11.4. The summed E-state index contributed by atoms with van der Waals surface area (Å²) in [7, 11) is 2.22. The lowest BCUT2D eigenvalue weighted by molar-refractivity contribution is -0.0999. The first-order chi connectivity index (χ1) is 7.52. The summed E-state index contributed by atoms with van der Waals surface area (Å²) in [6, 6.07) is 0. The van der Waals surface area contributed by atoms with Gasteiger partial charge < -0.3 is 15.0 Å². The molecule has 0 aliphatic carbocycles. The molecule has 94 valence electrons. The van der Waals surface area contributed by atoms with Crippen LogP contribution in [0.1, 0.15) is 26.7 Å². The van der Waals surface area contributed by atoms with Crippen molar-refractivity contribution in [2.24, 2.45) is 10.8 Å². The Bertz CT molecular complexity index is 230. The SMILES string of the molecule is CN1CCC(C)(CNCC2(C)COC2)CC1. The molecule has 2 aliphatic heterocycles. The molecule has 0 unspecified atom stereocenters. The van der Waals surface area contributed by atoms with E-state index in [1.165, 1.54) is 25.9 Å². The molecule has 0 atom stereocenters. The molecule has 0 aromatic rings. The van der Waals surface area contributed by atoms with Crippen LogP contribution >= 0.6 is 0 Å². The lowest BCUT2D eigenvalue weighted by Crippen LogP contribution is -2.50. The minimum absolute atomic E-state index is 0.405. The Morgan fingerprint density at radius 3 is 2.12 bits per heavy atom. The van der Waals surface area contributed by atoms with Gasteiger partial charge >= 0.3 is 0 Å². The van der Waals surface area contributed by atoms with Crippen molar-refractivity contribution < 1.29 is 4.74 Å². The summed E-state index contributed by atoms with van der Waals surface area (Å²) in [5, 5.41) is 3.65. The molecule has 0 bridgehead atoms. The van der Waals surface area contributed by atoms with Crippen molar-refractivity contribution in [1.29, 1.82) is 0 Å². The highest BCUT2D eigenvalue weighted by Gasteiger charge is 2.34. The average molecular weight is 226 g/mol. The molecule has 0 aromatic carbocycles. The minimum atomic E-state index is 0.405. The maximum atomic E-state index is 5.27. The van der Waals surface area contributed by atoms with Crippen LogP contribution in [-0.2, 0) is 4.74 Å². The van der Waals surface area contributed by atoms with Crippen LogP contribution in [0, 0.1) is 10.8 Å². The van der Waals surface area contributed by atoms with Crippen molar-refractivity contribution in [3.05, 3.63) is 0 Å². The van der Waals surface area contributed by atoms with Gasteiger partial charge in [0.25, 0.3) is 0 Å². The third kappa shape index (κ3) is 2.96. The van der Waals surface area contributed by atoms with E-state index in [0.717, 1.165) is 26.3 Å². The monoisotopic (exact) mass is 226 g/mol. The summed E-state index contributed by atoms with van der Waals surface area (Å²) in [5.74, 6) is 0. The molecule has 0 saturated carbocycles. The van der Waals surface area contributed by atoms with Gasteiger partial charge in [0.05, 0.1) is 13.2 Å². The molecular formula is C13H26N2O. The van der Waals surface area contributed by atoms with Crippen LogP contribution in [0.2, 0.25) is 0 Å². The fourth-order valence-electron chi connectivity index (χ4n) is 2.55. The van der Waals surface area contributed by atoms with Gasteiger partial charge in [-0.1, -0.05) is 13.8 Å². The van der Waals surface area contributed by atoms with Crippen LogP contribution in [0.25, 0.3) is 0 Å². The average Bonchev–Trinajstić information content (AvgIpc) is 2.21. The van der Waals surface area contributed by atoms with Crippen LogP contribution < -0.4 is 5.32 Å². The normalized spacial score (nSPS) is 28.7. The maximum Gasteiger partial charge on any atom is 0.0554 e. The number of likely N-dealkylation sites (tertiary alicyclic amines) is 1. The second-order valence-corrected chi connectivity index (χ2v) is 6.52. The Labute approximate surface area is 99.5 Å². The molecule has 2 heterocycles. The molecule has 1 N–H and O–H groups in total. The second-order valence-electron chi connectivity index (χ2n) is 6.52. The molecule has 16 heavy (non-hydrogen) atoms. The van der Waals surface area contributed by atoms with E-state index in [0.29, 0.717) is 10.8 Å². The first kappa shape index (κ1) is 12.3. The maximum absolute atomic E-state index is 5.27. The van der Waals surface area contributed by atoms with E-state index in [-0.39, 0.29) is 0 Å². The lowest BCUT2D eigenvalue weighted by Gasteiger charge is -2.41. The van der Waals surface area contributed by atoms with E-state index in [9.17, 15) is 0 Å². The number of nitrogens with zero attached hydrogens (tertiary/aromatic N) is 1. The molecule has 2 saturated heterocycles. The van der Waals surface area contributed by atoms with Crippen molar-refractivity contribution in [3.63, 3.8) is 0 Å². The van der Waals surface area contributed by atoms with E-state index in [1.807, 2.05) is 0 Å². The third-order valence-electron chi connectivity index (χ3n) is 4.20. The van der Waals surface area contributed by atoms with Crippen LogP contribution in [0.3, 0.4) is 0 Å². The molecular weight excluding hydrogens is 200 g/mol. The highest BCUT2D eigenvalue weighted by molar-refractivity contribution is 4.87. The fourth-order valence-corrected chi connectivity index (χ4v) is 2.55. The van der Waals surface area contributed by atoms with Gasteiger partial charge in [0.1, 0.15) is 0 Å². The molecule has 0 amide bonds. The van der Waals surface area contributed by atoms with Crippen molar-refractivity contribution in [2.75, 3.05) is 46.4 Å². The molecule has 3 heteroatoms. The van der Waals surface area contributed by atoms with Gasteiger partial charge in [0, 0.05) is 18.5 Å². The van der Waals surface area contributed by atoms with Crippen LogP contribution in [0.5, 0.6) is 0 Å². The topological polar surface area (TPSA) is 24.5 Å². The van der Waals surface area contributed by atoms with Crippen LogP contribution in [-0.4, -0.2) is 51.3 Å². The summed E-state index contributed by atoms with van der Waals surface area (Å²) in [5.41, 5.74) is 0.912. The van der Waals surface area contributed by atoms with Crippen molar-refractivity contribution >= 4 is 0 Å². The lowest BCUT2D eigenvalue weighted by atomic mass is 9.80. The molecule has 0 spiro atoms. The van der Waals surface area contributed by atoms with Gasteiger partial charge in [-0.2, -0.15) is 0 Å². The van der Waals surface area contributed by atoms with Crippen LogP contribution in [0.15, 0.2) is 0 Å². The van der Waals surface area contributed by atoms with Crippen molar-refractivity contribution in [2.45, 2.75) is 26.7 Å². The zero-order valence-electron chi connectivity index (χ0n) is 11.0. The molecule has 2 aliphatic rings. The molecule has 0 aromatic heterocycles. The largest absolute Gasteiger partial charge is 0.380 e. The quantitative estimate of drug-likeness (QED) is 0.783. The highest BCUT2D eigenvalue weighted by Crippen LogP contribution is 2.30. The zero-order valence-corrected chi connectivity index (χ0v) is 11.0. The number of piperidine rings is 1. The van der Waals surface area contributed by atoms with E-state index in [4.69, 9.17) is 4.74 Å². The Morgan fingerprint density at radius 2 is 1.62 bits per heavy atom. The molecule has 0 radical (unpaired) electrons. The summed E-state index contributed by atoms with van der Waals surface area (Å²) in [4.78, 5) is 2.43. The molecule has 2 fully saturated rings. The highest BCUT2D eigenvalue weighted by atomic mass is 16.5. The van der Waals surface area contributed by atoms with Gasteiger partial charge in [-0.15, -0.1) is 0 Å².